The quantitative estimate of drug-likeness (QED) is 0.852. The summed E-state index contributed by atoms with van der Waals surface area (Å²) in [6.45, 7) is 7.68. The molecule has 0 fully saturated rings. The van der Waals surface area contributed by atoms with Crippen LogP contribution in [0.25, 0.3) is 0 Å². The first kappa shape index (κ1) is 15.1. The standard InChI is InChI=1S/C12H17Cl2NOS/c1-8(15-17(16)12(2,3)4)10-7-9(13)5-6-11(10)14/h5-8,15H,1-4H3/t8-,17+/m1/s1. The second-order valence-corrected chi connectivity index (χ2v) is 7.73. The molecule has 2 atom stereocenters. The predicted molar refractivity (Wildman–Crippen MR) is 75.9 cm³/mol. The highest BCUT2D eigenvalue weighted by molar-refractivity contribution is 7.90. The van der Waals surface area contributed by atoms with Gasteiger partial charge in [0.25, 0.3) is 0 Å². The molecule has 0 spiro atoms. The fraction of sp³-hybridized carbons (Fsp3) is 0.500. The Morgan fingerprint density at radius 1 is 1.29 bits per heavy atom. The van der Waals surface area contributed by atoms with E-state index in [4.69, 9.17) is 23.2 Å². The van der Waals surface area contributed by atoms with Crippen molar-refractivity contribution in [2.45, 2.75) is 38.5 Å². The third-order valence-electron chi connectivity index (χ3n) is 2.26. The van der Waals surface area contributed by atoms with Crippen LogP contribution in [0.2, 0.25) is 10.0 Å². The van der Waals surface area contributed by atoms with Crippen LogP contribution in [0.5, 0.6) is 0 Å². The molecule has 0 aliphatic carbocycles. The van der Waals surface area contributed by atoms with E-state index in [0.29, 0.717) is 10.0 Å². The summed E-state index contributed by atoms with van der Waals surface area (Å²) in [6.07, 6.45) is 0. The van der Waals surface area contributed by atoms with Gasteiger partial charge < -0.3 is 4.55 Å². The zero-order chi connectivity index (χ0) is 13.2. The Labute approximate surface area is 116 Å². The Balaban J connectivity index is 2.83. The van der Waals surface area contributed by atoms with E-state index in [2.05, 4.69) is 4.72 Å². The van der Waals surface area contributed by atoms with E-state index in [1.54, 1.807) is 18.2 Å². The highest BCUT2D eigenvalue weighted by atomic mass is 35.5. The van der Waals surface area contributed by atoms with Crippen LogP contribution in [-0.4, -0.2) is 9.30 Å². The molecule has 0 bridgehead atoms. The van der Waals surface area contributed by atoms with Crippen LogP contribution in [0.1, 0.15) is 39.3 Å². The molecule has 1 aromatic rings. The second-order valence-electron chi connectivity index (χ2n) is 4.89. The highest BCUT2D eigenvalue weighted by Gasteiger charge is 2.28. The van der Waals surface area contributed by atoms with Crippen molar-refractivity contribution in [3.63, 3.8) is 0 Å². The maximum Gasteiger partial charge on any atom is 0.136 e. The molecule has 0 heterocycles. The van der Waals surface area contributed by atoms with Gasteiger partial charge >= 0.3 is 0 Å². The molecule has 1 N–H and O–H groups in total. The van der Waals surface area contributed by atoms with Crippen LogP contribution in [0.3, 0.4) is 0 Å². The molecule has 5 heteroatoms. The van der Waals surface area contributed by atoms with Crippen molar-refractivity contribution in [1.82, 2.24) is 4.72 Å². The topological polar surface area (TPSA) is 35.1 Å². The largest absolute Gasteiger partial charge is 0.598 e. The van der Waals surface area contributed by atoms with Crippen molar-refractivity contribution in [1.29, 1.82) is 0 Å². The molecule has 0 radical (unpaired) electrons. The lowest BCUT2D eigenvalue weighted by Gasteiger charge is -2.26. The fourth-order valence-electron chi connectivity index (χ4n) is 1.25. The lowest BCUT2D eigenvalue weighted by atomic mass is 10.1. The van der Waals surface area contributed by atoms with E-state index in [0.717, 1.165) is 5.56 Å². The number of hydrogen-bond acceptors (Lipinski definition) is 2. The number of benzene rings is 1. The van der Waals surface area contributed by atoms with Crippen molar-refractivity contribution >= 4 is 34.6 Å². The van der Waals surface area contributed by atoms with Gasteiger partial charge in [0, 0.05) is 21.4 Å². The summed E-state index contributed by atoms with van der Waals surface area (Å²) in [7, 11) is 0. The Kier molecular flexibility index (Phi) is 5.17. The number of rotatable bonds is 3. The fourth-order valence-corrected chi connectivity index (χ4v) is 2.51. The molecule has 2 nitrogen and oxygen atoms in total. The summed E-state index contributed by atoms with van der Waals surface area (Å²) in [6, 6.07) is 5.17. The van der Waals surface area contributed by atoms with Gasteiger partial charge in [-0.2, -0.15) is 0 Å². The van der Waals surface area contributed by atoms with Gasteiger partial charge in [-0.15, -0.1) is 4.72 Å². The summed E-state index contributed by atoms with van der Waals surface area (Å²) >= 11 is 10.9. The molecule has 1 rings (SSSR count). The van der Waals surface area contributed by atoms with E-state index in [-0.39, 0.29) is 10.8 Å². The Morgan fingerprint density at radius 2 is 1.88 bits per heavy atom. The third kappa shape index (κ3) is 4.34. The summed E-state index contributed by atoms with van der Waals surface area (Å²) in [5.41, 5.74) is 0.858. The van der Waals surface area contributed by atoms with Crippen LogP contribution in [-0.2, 0) is 11.4 Å². The van der Waals surface area contributed by atoms with E-state index < -0.39 is 11.4 Å². The van der Waals surface area contributed by atoms with E-state index in [1.165, 1.54) is 0 Å². The molecule has 0 unspecified atom stereocenters. The first-order chi connectivity index (χ1) is 7.71. The molecule has 17 heavy (non-hydrogen) atoms. The average Bonchev–Trinajstić information content (AvgIpc) is 2.20. The maximum atomic E-state index is 12.0. The molecule has 96 valence electrons. The van der Waals surface area contributed by atoms with Crippen LogP contribution in [0.4, 0.5) is 0 Å². The van der Waals surface area contributed by atoms with Gasteiger partial charge in [0.1, 0.15) is 4.75 Å². The maximum absolute atomic E-state index is 12.0. The minimum absolute atomic E-state index is 0.110. The first-order valence-electron chi connectivity index (χ1n) is 5.35. The van der Waals surface area contributed by atoms with E-state index in [1.807, 2.05) is 27.7 Å². The zero-order valence-electron chi connectivity index (χ0n) is 10.4. The van der Waals surface area contributed by atoms with Crippen molar-refractivity contribution in [3.8, 4) is 0 Å². The van der Waals surface area contributed by atoms with Gasteiger partial charge in [0.15, 0.2) is 0 Å². The molecule has 0 saturated heterocycles. The lowest BCUT2D eigenvalue weighted by molar-refractivity contribution is 0.531. The third-order valence-corrected chi connectivity index (χ3v) is 4.52. The van der Waals surface area contributed by atoms with E-state index >= 15 is 0 Å². The van der Waals surface area contributed by atoms with Gasteiger partial charge in [-0.1, -0.05) is 23.2 Å². The zero-order valence-corrected chi connectivity index (χ0v) is 12.7. The van der Waals surface area contributed by atoms with Gasteiger partial charge in [0.2, 0.25) is 0 Å². The molecular formula is C12H17Cl2NOS. The summed E-state index contributed by atoms with van der Waals surface area (Å²) in [5, 5.41) is 1.25. The molecule has 0 aliphatic rings. The second kappa shape index (κ2) is 5.81. The van der Waals surface area contributed by atoms with Crippen molar-refractivity contribution in [3.05, 3.63) is 33.8 Å². The lowest BCUT2D eigenvalue weighted by Crippen LogP contribution is -2.40. The van der Waals surface area contributed by atoms with Gasteiger partial charge in [-0.25, -0.2) is 0 Å². The highest BCUT2D eigenvalue weighted by Crippen LogP contribution is 2.27. The minimum atomic E-state index is -1.13. The SMILES string of the molecule is C[C@@H](N[S@@+]([O-])C(C)(C)C)c1cc(Cl)ccc1Cl. The normalized spacial score (nSPS) is 15.7. The smallest absolute Gasteiger partial charge is 0.136 e. The monoisotopic (exact) mass is 293 g/mol. The molecular weight excluding hydrogens is 277 g/mol. The summed E-state index contributed by atoms with van der Waals surface area (Å²) in [4.78, 5) is 0. The summed E-state index contributed by atoms with van der Waals surface area (Å²) < 4.78 is 14.7. The van der Waals surface area contributed by atoms with Crippen molar-refractivity contribution < 1.29 is 4.55 Å². The van der Waals surface area contributed by atoms with Gasteiger partial charge in [0.05, 0.1) is 6.04 Å². The summed E-state index contributed by atoms with van der Waals surface area (Å²) in [5.74, 6) is 0. The molecule has 0 amide bonds. The van der Waals surface area contributed by atoms with Crippen LogP contribution in [0, 0.1) is 0 Å². The molecule has 0 aromatic heterocycles. The van der Waals surface area contributed by atoms with Crippen molar-refractivity contribution in [2.75, 3.05) is 0 Å². The van der Waals surface area contributed by atoms with Crippen LogP contribution < -0.4 is 4.72 Å². The number of halogens is 2. The van der Waals surface area contributed by atoms with Gasteiger partial charge in [-0.05, 0) is 51.5 Å². The first-order valence-corrected chi connectivity index (χ1v) is 7.25. The van der Waals surface area contributed by atoms with Crippen LogP contribution >= 0.6 is 23.2 Å². The Hall–Kier alpha value is 0.0700. The van der Waals surface area contributed by atoms with Crippen molar-refractivity contribution in [2.24, 2.45) is 0 Å². The predicted octanol–water partition coefficient (Wildman–Crippen LogP) is 4.11. The Morgan fingerprint density at radius 3 is 2.41 bits per heavy atom. The number of hydrogen-bond donors (Lipinski definition) is 1. The molecule has 0 saturated carbocycles. The average molecular weight is 294 g/mol. The van der Waals surface area contributed by atoms with Crippen LogP contribution in [0.15, 0.2) is 18.2 Å². The number of nitrogens with one attached hydrogen (secondary N) is 1. The van der Waals surface area contributed by atoms with Gasteiger partial charge in [-0.3, -0.25) is 0 Å². The molecule has 1 aromatic carbocycles. The molecule has 0 aliphatic heterocycles. The Bertz CT molecular complexity index is 393. The minimum Gasteiger partial charge on any atom is -0.598 e. The van der Waals surface area contributed by atoms with E-state index in [9.17, 15) is 4.55 Å².